The zero-order chi connectivity index (χ0) is 20.8. The van der Waals surface area contributed by atoms with Crippen LogP contribution in [0.4, 0.5) is 0 Å². The Morgan fingerprint density at radius 2 is 1.15 bits per heavy atom. The van der Waals surface area contributed by atoms with E-state index in [1.54, 1.807) is 42.7 Å². The first-order valence-electron chi connectivity index (χ1n) is 9.37. The Balaban J connectivity index is 4.87. The van der Waals surface area contributed by atoms with Crippen molar-refractivity contribution in [3.05, 3.63) is 0 Å². The first-order chi connectivity index (χ1) is 13.0. The number of hydrogen-bond donors (Lipinski definition) is 0. The van der Waals surface area contributed by atoms with E-state index in [-0.39, 0.29) is 6.04 Å². The van der Waals surface area contributed by atoms with Gasteiger partial charge >= 0.3 is 17.6 Å². The number of nitriles is 1. The van der Waals surface area contributed by atoms with Crippen LogP contribution in [0.5, 0.6) is 0 Å². The third kappa shape index (κ3) is 8.68. The highest BCUT2D eigenvalue weighted by Crippen LogP contribution is 2.20. The van der Waals surface area contributed by atoms with E-state index in [1.165, 1.54) is 0 Å². The van der Waals surface area contributed by atoms with Gasteiger partial charge < -0.3 is 26.6 Å². The van der Waals surface area contributed by atoms with Crippen molar-refractivity contribution in [3.8, 4) is 6.07 Å². The van der Waals surface area contributed by atoms with Crippen LogP contribution in [0.2, 0.25) is 12.1 Å². The molecule has 0 spiro atoms. The van der Waals surface area contributed by atoms with Crippen LogP contribution in [-0.2, 0) is 26.6 Å². The molecular weight excluding hydrogens is 384 g/mol. The third-order valence-electron chi connectivity index (χ3n) is 5.04. The van der Waals surface area contributed by atoms with Crippen LogP contribution in [0.3, 0.4) is 0 Å². The van der Waals surface area contributed by atoms with Gasteiger partial charge in [-0.05, 0) is 32.4 Å². The monoisotopic (exact) mass is 422 g/mol. The highest BCUT2D eigenvalue weighted by atomic mass is 28.4. The largest absolute Gasteiger partial charge is 0.500 e. The lowest BCUT2D eigenvalue weighted by Gasteiger charge is -2.32. The Labute approximate surface area is 167 Å². The lowest BCUT2D eigenvalue weighted by Crippen LogP contribution is -2.45. The molecule has 0 saturated heterocycles. The standard InChI is InChI=1S/C17H38N2O6Si2/c1-8-17(11-12-18)19(13-9-15-26(20-2,21-3)22-4)14-10-16-27(23-5,24-6)25-7/h17H,8-11,13-16H2,1-7H3. The molecule has 0 rings (SSSR count). The molecule has 0 aliphatic carbocycles. The molecule has 0 fully saturated rings. The summed E-state index contributed by atoms with van der Waals surface area (Å²) in [5, 5.41) is 9.17. The zero-order valence-electron chi connectivity index (χ0n) is 18.1. The Hall–Kier alpha value is -0.356. The van der Waals surface area contributed by atoms with E-state index in [4.69, 9.17) is 26.6 Å². The molecule has 0 bridgehead atoms. The number of hydrogen-bond acceptors (Lipinski definition) is 8. The van der Waals surface area contributed by atoms with Crippen LogP contribution in [0.1, 0.15) is 32.6 Å². The van der Waals surface area contributed by atoms with Crippen LogP contribution in [0, 0.1) is 11.3 Å². The minimum atomic E-state index is -2.57. The molecule has 0 aliphatic rings. The van der Waals surface area contributed by atoms with Gasteiger partial charge in [-0.25, -0.2) is 0 Å². The molecule has 0 amide bonds. The average Bonchev–Trinajstić information content (AvgIpc) is 2.72. The van der Waals surface area contributed by atoms with Crippen molar-refractivity contribution in [3.63, 3.8) is 0 Å². The van der Waals surface area contributed by atoms with Crippen LogP contribution < -0.4 is 0 Å². The van der Waals surface area contributed by atoms with Crippen molar-refractivity contribution < 1.29 is 26.6 Å². The van der Waals surface area contributed by atoms with Crippen LogP contribution in [-0.4, -0.2) is 84.3 Å². The molecule has 27 heavy (non-hydrogen) atoms. The molecule has 0 aliphatic heterocycles. The highest BCUT2D eigenvalue weighted by Gasteiger charge is 2.38. The van der Waals surface area contributed by atoms with Gasteiger partial charge in [-0.15, -0.1) is 0 Å². The van der Waals surface area contributed by atoms with Gasteiger partial charge in [0.1, 0.15) is 0 Å². The van der Waals surface area contributed by atoms with Gasteiger partial charge in [-0.1, -0.05) is 6.92 Å². The molecular formula is C17H38N2O6Si2. The molecule has 0 heterocycles. The fourth-order valence-electron chi connectivity index (χ4n) is 3.22. The Kier molecular flexibility index (Phi) is 14.4. The second-order valence-corrected chi connectivity index (χ2v) is 12.4. The van der Waals surface area contributed by atoms with Gasteiger partial charge in [-0.2, -0.15) is 5.26 Å². The lowest BCUT2D eigenvalue weighted by atomic mass is 10.1. The average molecular weight is 423 g/mol. The SMILES string of the molecule is CCC(CC#N)N(CCC[Si](OC)(OC)OC)CCC[Si](OC)(OC)OC. The third-order valence-corrected chi connectivity index (χ3v) is 10.7. The predicted octanol–water partition coefficient (Wildman–Crippen LogP) is 2.52. The number of nitrogens with zero attached hydrogens (tertiary/aromatic N) is 2. The molecule has 0 aromatic rings. The number of rotatable bonds is 17. The molecule has 0 aromatic heterocycles. The highest BCUT2D eigenvalue weighted by molar-refractivity contribution is 6.60. The Morgan fingerprint density at radius 3 is 1.41 bits per heavy atom. The van der Waals surface area contributed by atoms with Gasteiger partial charge in [0.15, 0.2) is 0 Å². The summed E-state index contributed by atoms with van der Waals surface area (Å²) in [4.78, 5) is 2.36. The Bertz CT molecular complexity index is 374. The minimum absolute atomic E-state index is 0.224. The normalized spacial score (nSPS) is 13.7. The quantitative estimate of drug-likeness (QED) is 0.331. The first kappa shape index (κ1) is 26.6. The smallest absolute Gasteiger partial charge is 0.377 e. The molecule has 0 N–H and O–H groups in total. The molecule has 1 unspecified atom stereocenters. The summed E-state index contributed by atoms with van der Waals surface area (Å²) >= 11 is 0. The predicted molar refractivity (Wildman–Crippen MR) is 108 cm³/mol. The fourth-order valence-corrected chi connectivity index (χ4v) is 6.63. The van der Waals surface area contributed by atoms with Gasteiger partial charge in [0.05, 0.1) is 12.5 Å². The topological polar surface area (TPSA) is 82.4 Å². The van der Waals surface area contributed by atoms with E-state index in [0.29, 0.717) is 6.42 Å². The van der Waals surface area contributed by atoms with Crippen molar-refractivity contribution in [1.82, 2.24) is 4.90 Å². The second kappa shape index (κ2) is 14.6. The lowest BCUT2D eigenvalue weighted by molar-refractivity contribution is 0.116. The van der Waals surface area contributed by atoms with E-state index in [1.807, 2.05) is 0 Å². The summed E-state index contributed by atoms with van der Waals surface area (Å²) < 4.78 is 33.0. The van der Waals surface area contributed by atoms with Gasteiger partial charge in [0.2, 0.25) is 0 Å². The van der Waals surface area contributed by atoms with E-state index >= 15 is 0 Å². The molecule has 0 radical (unpaired) electrons. The van der Waals surface area contributed by atoms with Crippen LogP contribution in [0.15, 0.2) is 0 Å². The molecule has 0 aromatic carbocycles. The van der Waals surface area contributed by atoms with Crippen molar-refractivity contribution in [2.75, 3.05) is 55.7 Å². The summed E-state index contributed by atoms with van der Waals surface area (Å²) in [7, 11) is 4.64. The van der Waals surface area contributed by atoms with E-state index in [0.717, 1.165) is 44.4 Å². The molecule has 8 nitrogen and oxygen atoms in total. The van der Waals surface area contributed by atoms with Crippen molar-refractivity contribution in [2.45, 2.75) is 50.7 Å². The maximum absolute atomic E-state index is 9.17. The van der Waals surface area contributed by atoms with Gasteiger partial charge in [-0.3, -0.25) is 4.90 Å². The minimum Gasteiger partial charge on any atom is -0.377 e. The van der Waals surface area contributed by atoms with Crippen molar-refractivity contribution in [2.24, 2.45) is 0 Å². The van der Waals surface area contributed by atoms with Crippen LogP contribution in [0.25, 0.3) is 0 Å². The Morgan fingerprint density at radius 1 is 0.778 bits per heavy atom. The maximum atomic E-state index is 9.17. The van der Waals surface area contributed by atoms with E-state index in [2.05, 4.69) is 17.9 Å². The summed E-state index contributed by atoms with van der Waals surface area (Å²) in [6.45, 7) is 3.82. The van der Waals surface area contributed by atoms with E-state index < -0.39 is 17.6 Å². The molecule has 10 heteroatoms. The van der Waals surface area contributed by atoms with Gasteiger partial charge in [0.25, 0.3) is 0 Å². The summed E-state index contributed by atoms with van der Waals surface area (Å²) in [5.41, 5.74) is 0. The molecule has 1 atom stereocenters. The summed E-state index contributed by atoms with van der Waals surface area (Å²) in [6.07, 6.45) is 3.20. The van der Waals surface area contributed by atoms with Crippen molar-refractivity contribution in [1.29, 1.82) is 5.26 Å². The van der Waals surface area contributed by atoms with Crippen LogP contribution >= 0.6 is 0 Å². The van der Waals surface area contributed by atoms with E-state index in [9.17, 15) is 5.26 Å². The van der Waals surface area contributed by atoms with Crippen molar-refractivity contribution >= 4 is 17.6 Å². The first-order valence-corrected chi connectivity index (χ1v) is 13.2. The zero-order valence-corrected chi connectivity index (χ0v) is 20.1. The second-order valence-electron chi connectivity index (χ2n) is 6.26. The fraction of sp³-hybridized carbons (Fsp3) is 0.941. The molecule has 0 saturated carbocycles. The summed E-state index contributed by atoms with van der Waals surface area (Å²) in [6, 6.07) is 4.01. The molecule has 160 valence electrons. The van der Waals surface area contributed by atoms with Gasteiger partial charge in [0, 0.05) is 60.8 Å². The summed E-state index contributed by atoms with van der Waals surface area (Å²) in [5.74, 6) is 0. The maximum Gasteiger partial charge on any atom is 0.500 e.